The highest BCUT2D eigenvalue weighted by atomic mass is 127. The zero-order valence-corrected chi connectivity index (χ0v) is 12.1. The fraction of sp³-hybridized carbons (Fsp3) is 0.286. The number of rotatable bonds is 5. The molecular weight excluding hydrogens is 323 g/mol. The van der Waals surface area contributed by atoms with Crippen LogP contribution >= 0.6 is 22.6 Å². The van der Waals surface area contributed by atoms with Crippen LogP contribution in [0.3, 0.4) is 0 Å². The molecule has 1 aromatic carbocycles. The zero-order chi connectivity index (χ0) is 12.1. The summed E-state index contributed by atoms with van der Waals surface area (Å²) in [4.78, 5) is 0. The Morgan fingerprint density at radius 1 is 1.24 bits per heavy atom. The number of nitrogens with zero attached hydrogens (tertiary/aromatic N) is 1. The summed E-state index contributed by atoms with van der Waals surface area (Å²) in [5.41, 5.74) is 2.52. The first-order chi connectivity index (χ1) is 8.29. The third-order valence-electron chi connectivity index (χ3n) is 2.69. The smallest absolute Gasteiger partial charge is 0.0553 e. The first-order valence-electron chi connectivity index (χ1n) is 5.93. The lowest BCUT2D eigenvalue weighted by Crippen LogP contribution is -2.06. The van der Waals surface area contributed by atoms with E-state index in [0.29, 0.717) is 0 Å². The molecule has 1 heterocycles. The van der Waals surface area contributed by atoms with Crippen LogP contribution in [0.1, 0.15) is 19.0 Å². The van der Waals surface area contributed by atoms with Crippen LogP contribution in [0.5, 0.6) is 0 Å². The fourth-order valence-corrected chi connectivity index (χ4v) is 2.40. The van der Waals surface area contributed by atoms with Gasteiger partial charge >= 0.3 is 0 Å². The van der Waals surface area contributed by atoms with Gasteiger partial charge in [0.25, 0.3) is 0 Å². The summed E-state index contributed by atoms with van der Waals surface area (Å²) in [5, 5.41) is 3.46. The first kappa shape index (κ1) is 12.5. The quantitative estimate of drug-likeness (QED) is 0.811. The Morgan fingerprint density at radius 2 is 2.12 bits per heavy atom. The standard InChI is InChI=1S/C14H17IN2/c1-2-8-17-9-4-7-14(17)11-16-13-6-3-5-12(15)10-13/h3-7,9-10,16H,2,8,11H2,1H3. The predicted octanol–water partition coefficient (Wildman–Crippen LogP) is 4.11. The summed E-state index contributed by atoms with van der Waals surface area (Å²) < 4.78 is 3.57. The number of hydrogen-bond acceptors (Lipinski definition) is 1. The van der Waals surface area contributed by atoms with Crippen LogP contribution < -0.4 is 5.32 Å². The maximum atomic E-state index is 3.46. The summed E-state index contributed by atoms with van der Waals surface area (Å²) in [6.45, 7) is 4.18. The van der Waals surface area contributed by atoms with Gasteiger partial charge in [-0.1, -0.05) is 13.0 Å². The number of halogens is 1. The molecule has 0 aliphatic carbocycles. The molecular formula is C14H17IN2. The number of benzene rings is 1. The van der Waals surface area contributed by atoms with Crippen LogP contribution in [0, 0.1) is 3.57 Å². The SMILES string of the molecule is CCCn1cccc1CNc1cccc(I)c1. The van der Waals surface area contributed by atoms with E-state index < -0.39 is 0 Å². The van der Waals surface area contributed by atoms with E-state index in [1.54, 1.807) is 0 Å². The molecule has 3 heteroatoms. The average molecular weight is 340 g/mol. The number of nitrogens with one attached hydrogen (secondary N) is 1. The van der Waals surface area contributed by atoms with Crippen molar-refractivity contribution in [3.8, 4) is 0 Å². The highest BCUT2D eigenvalue weighted by molar-refractivity contribution is 14.1. The van der Waals surface area contributed by atoms with Crippen molar-refractivity contribution in [1.29, 1.82) is 0 Å². The highest BCUT2D eigenvalue weighted by Gasteiger charge is 2.00. The van der Waals surface area contributed by atoms with Gasteiger partial charge in [-0.15, -0.1) is 0 Å². The average Bonchev–Trinajstić information content (AvgIpc) is 2.75. The van der Waals surface area contributed by atoms with Crippen molar-refractivity contribution in [2.45, 2.75) is 26.4 Å². The summed E-state index contributed by atoms with van der Waals surface area (Å²) >= 11 is 2.33. The van der Waals surface area contributed by atoms with E-state index in [1.165, 1.54) is 21.4 Å². The largest absolute Gasteiger partial charge is 0.379 e. The van der Waals surface area contributed by atoms with Gasteiger partial charge < -0.3 is 9.88 Å². The van der Waals surface area contributed by atoms with Crippen molar-refractivity contribution in [3.63, 3.8) is 0 Å². The Bertz CT molecular complexity index is 477. The molecule has 0 amide bonds. The minimum atomic E-state index is 0.882. The third kappa shape index (κ3) is 3.49. The molecule has 17 heavy (non-hydrogen) atoms. The normalized spacial score (nSPS) is 10.5. The van der Waals surface area contributed by atoms with Gasteiger partial charge in [-0.05, 0) is 59.3 Å². The molecule has 0 spiro atoms. The van der Waals surface area contributed by atoms with E-state index >= 15 is 0 Å². The van der Waals surface area contributed by atoms with Gasteiger partial charge in [0.2, 0.25) is 0 Å². The molecule has 0 atom stereocenters. The van der Waals surface area contributed by atoms with Crippen molar-refractivity contribution in [2.75, 3.05) is 5.32 Å². The molecule has 90 valence electrons. The van der Waals surface area contributed by atoms with Crippen molar-refractivity contribution < 1.29 is 0 Å². The Morgan fingerprint density at radius 3 is 2.88 bits per heavy atom. The van der Waals surface area contributed by atoms with Crippen LogP contribution in [0.15, 0.2) is 42.6 Å². The van der Waals surface area contributed by atoms with Gasteiger partial charge in [-0.2, -0.15) is 0 Å². The minimum absolute atomic E-state index is 0.882. The Balaban J connectivity index is 1.99. The maximum absolute atomic E-state index is 3.46. The van der Waals surface area contributed by atoms with Crippen LogP contribution in [0.25, 0.3) is 0 Å². The second-order valence-electron chi connectivity index (χ2n) is 4.06. The minimum Gasteiger partial charge on any atom is -0.379 e. The third-order valence-corrected chi connectivity index (χ3v) is 3.36. The summed E-state index contributed by atoms with van der Waals surface area (Å²) in [7, 11) is 0. The lowest BCUT2D eigenvalue weighted by atomic mass is 10.3. The molecule has 0 saturated carbocycles. The van der Waals surface area contributed by atoms with Gasteiger partial charge in [0, 0.05) is 27.7 Å². The number of anilines is 1. The monoisotopic (exact) mass is 340 g/mol. The Kier molecular flexibility index (Phi) is 4.48. The predicted molar refractivity (Wildman–Crippen MR) is 81.2 cm³/mol. The number of hydrogen-bond donors (Lipinski definition) is 1. The van der Waals surface area contributed by atoms with Gasteiger partial charge in [-0.25, -0.2) is 0 Å². The molecule has 0 unspecified atom stereocenters. The van der Waals surface area contributed by atoms with E-state index in [0.717, 1.165) is 13.1 Å². The molecule has 2 rings (SSSR count). The molecule has 2 aromatic rings. The number of aromatic nitrogens is 1. The molecule has 0 radical (unpaired) electrons. The van der Waals surface area contributed by atoms with Gasteiger partial charge in [-0.3, -0.25) is 0 Å². The topological polar surface area (TPSA) is 17.0 Å². The molecule has 1 N–H and O–H groups in total. The highest BCUT2D eigenvalue weighted by Crippen LogP contribution is 2.14. The van der Waals surface area contributed by atoms with E-state index in [2.05, 4.69) is 82.0 Å². The van der Waals surface area contributed by atoms with Gasteiger partial charge in [0.1, 0.15) is 0 Å². The molecule has 2 nitrogen and oxygen atoms in total. The summed E-state index contributed by atoms with van der Waals surface area (Å²) in [5.74, 6) is 0. The zero-order valence-electron chi connectivity index (χ0n) is 9.99. The number of aryl methyl sites for hydroxylation is 1. The fourth-order valence-electron chi connectivity index (χ4n) is 1.86. The summed E-state index contributed by atoms with van der Waals surface area (Å²) in [6.07, 6.45) is 3.32. The van der Waals surface area contributed by atoms with Gasteiger partial charge in [0.05, 0.1) is 6.54 Å². The molecule has 0 fully saturated rings. The van der Waals surface area contributed by atoms with Gasteiger partial charge in [0.15, 0.2) is 0 Å². The van der Waals surface area contributed by atoms with E-state index in [-0.39, 0.29) is 0 Å². The lowest BCUT2D eigenvalue weighted by molar-refractivity contribution is 0.654. The first-order valence-corrected chi connectivity index (χ1v) is 7.01. The Labute approximate surface area is 116 Å². The van der Waals surface area contributed by atoms with E-state index in [4.69, 9.17) is 0 Å². The van der Waals surface area contributed by atoms with Crippen molar-refractivity contribution in [1.82, 2.24) is 4.57 Å². The molecule has 1 aromatic heterocycles. The lowest BCUT2D eigenvalue weighted by Gasteiger charge is -2.10. The van der Waals surface area contributed by atoms with Crippen molar-refractivity contribution in [2.24, 2.45) is 0 Å². The maximum Gasteiger partial charge on any atom is 0.0553 e. The van der Waals surface area contributed by atoms with Crippen LogP contribution in [-0.4, -0.2) is 4.57 Å². The molecule has 0 bridgehead atoms. The van der Waals surface area contributed by atoms with Crippen molar-refractivity contribution >= 4 is 28.3 Å². The van der Waals surface area contributed by atoms with E-state index in [1.807, 2.05) is 0 Å². The van der Waals surface area contributed by atoms with Crippen LogP contribution in [0.2, 0.25) is 0 Å². The van der Waals surface area contributed by atoms with Crippen LogP contribution in [0.4, 0.5) is 5.69 Å². The second kappa shape index (κ2) is 6.10. The second-order valence-corrected chi connectivity index (χ2v) is 5.30. The summed E-state index contributed by atoms with van der Waals surface area (Å²) in [6, 6.07) is 12.7. The molecule has 0 aliphatic heterocycles. The molecule has 0 saturated heterocycles. The van der Waals surface area contributed by atoms with E-state index in [9.17, 15) is 0 Å². The Hall–Kier alpha value is -0.970. The molecule has 0 aliphatic rings. The van der Waals surface area contributed by atoms with Crippen LogP contribution in [-0.2, 0) is 13.1 Å². The van der Waals surface area contributed by atoms with Crippen molar-refractivity contribution in [3.05, 3.63) is 51.9 Å².